The number of esters is 2. The van der Waals surface area contributed by atoms with Crippen LogP contribution in [-0.2, 0) is 53.6 Å². The maximum atomic E-state index is 11.7. The zero-order valence-corrected chi connectivity index (χ0v) is 23.5. The summed E-state index contributed by atoms with van der Waals surface area (Å²) < 4.78 is 51.6. The van der Waals surface area contributed by atoms with Crippen molar-refractivity contribution in [1.82, 2.24) is 4.90 Å². The first-order valence-corrected chi connectivity index (χ1v) is 11.5. The SMILES string of the molecule is CC(=O)Oc1ccc2c3c1O[C@H]1[C@@H](OC(C)=O)C=C[C@H]4[C@@H](C2)N(C)CC[C@@]341.O.O.O.O.O.O.O.O=S(=O)([O-])[O-].[Fe+2]. The summed E-state index contributed by atoms with van der Waals surface area (Å²) in [4.78, 5) is 25.7. The maximum Gasteiger partial charge on any atom is 2.00 e. The van der Waals surface area contributed by atoms with Crippen LogP contribution >= 0.6 is 0 Å². The largest absolute Gasteiger partial charge is 2.00 e. The molecule has 0 aromatic heterocycles. The quantitative estimate of drug-likeness (QED) is 0.0733. The number of nitrogens with zero attached hydrogens (tertiary/aromatic N) is 1. The molecule has 17 nitrogen and oxygen atoms in total. The van der Waals surface area contributed by atoms with Crippen molar-refractivity contribution in [3.05, 3.63) is 35.4 Å². The number of benzene rings is 1. The molecule has 4 aliphatic rings. The molecule has 0 radical (unpaired) electrons. The molecule has 1 aromatic carbocycles. The van der Waals surface area contributed by atoms with Crippen molar-refractivity contribution in [1.29, 1.82) is 0 Å². The predicted octanol–water partition coefficient (Wildman–Crippen LogP) is -5.12. The predicted molar refractivity (Wildman–Crippen MR) is 133 cm³/mol. The summed E-state index contributed by atoms with van der Waals surface area (Å²) in [7, 11) is -2.99. The van der Waals surface area contributed by atoms with E-state index in [0.29, 0.717) is 17.5 Å². The summed E-state index contributed by atoms with van der Waals surface area (Å²) in [5.41, 5.74) is 2.15. The summed E-state index contributed by atoms with van der Waals surface area (Å²) in [6.45, 7) is 3.77. The van der Waals surface area contributed by atoms with Gasteiger partial charge < -0.3 is 66.5 Å². The van der Waals surface area contributed by atoms with E-state index in [9.17, 15) is 9.59 Å². The van der Waals surface area contributed by atoms with Crippen LogP contribution in [0.3, 0.4) is 0 Å². The first kappa shape index (κ1) is 47.6. The number of hydrogen-bond donors (Lipinski definition) is 0. The summed E-state index contributed by atoms with van der Waals surface area (Å²) in [5, 5.41) is 0. The molecule has 5 rings (SSSR count). The molecule has 14 N–H and O–H groups in total. The van der Waals surface area contributed by atoms with Crippen LogP contribution in [0.4, 0.5) is 0 Å². The van der Waals surface area contributed by atoms with Crippen LogP contribution in [0.25, 0.3) is 0 Å². The fourth-order valence-corrected chi connectivity index (χ4v) is 5.74. The molecule has 0 saturated carbocycles. The van der Waals surface area contributed by atoms with E-state index in [0.717, 1.165) is 24.9 Å². The molecule has 1 spiro atoms. The van der Waals surface area contributed by atoms with Gasteiger partial charge in [0.1, 0.15) is 6.10 Å². The van der Waals surface area contributed by atoms with E-state index >= 15 is 0 Å². The molecule has 2 aliphatic heterocycles. The molecule has 1 fully saturated rings. The Bertz CT molecular complexity index is 1110. The van der Waals surface area contributed by atoms with E-state index < -0.39 is 16.5 Å². The molecule has 236 valence electrons. The molecule has 1 saturated heterocycles. The van der Waals surface area contributed by atoms with Crippen molar-refractivity contribution in [2.75, 3.05) is 13.6 Å². The Morgan fingerprint density at radius 1 is 1.00 bits per heavy atom. The van der Waals surface area contributed by atoms with E-state index in [1.54, 1.807) is 0 Å². The van der Waals surface area contributed by atoms with Gasteiger partial charge >= 0.3 is 29.0 Å². The number of likely N-dealkylation sites (N-methyl/N-ethyl adjacent to an activating group) is 1. The maximum absolute atomic E-state index is 11.7. The molecule has 40 heavy (non-hydrogen) atoms. The molecule has 5 atom stereocenters. The zero-order chi connectivity index (χ0) is 23.4. The molecule has 2 aliphatic carbocycles. The Morgan fingerprint density at radius 3 is 2.05 bits per heavy atom. The smallest absolute Gasteiger partial charge is 0.759 e. The van der Waals surface area contributed by atoms with Crippen LogP contribution in [0.2, 0.25) is 0 Å². The molecular weight excluding hydrogens is 610 g/mol. The third-order valence-corrected chi connectivity index (χ3v) is 6.67. The first-order chi connectivity index (χ1) is 14.9. The summed E-state index contributed by atoms with van der Waals surface area (Å²) in [6.07, 6.45) is 5.31. The Morgan fingerprint density at radius 2 is 1.55 bits per heavy atom. The molecule has 0 amide bonds. The van der Waals surface area contributed by atoms with Gasteiger partial charge in [-0.25, -0.2) is 0 Å². The second kappa shape index (κ2) is 16.9. The zero-order valence-electron chi connectivity index (χ0n) is 21.6. The second-order valence-corrected chi connectivity index (χ2v) is 9.31. The van der Waals surface area contributed by atoms with Crippen molar-refractivity contribution >= 4 is 22.3 Å². The van der Waals surface area contributed by atoms with Crippen LogP contribution in [0.5, 0.6) is 11.5 Å². The van der Waals surface area contributed by atoms with Gasteiger partial charge in [0, 0.05) is 47.2 Å². The minimum atomic E-state index is -5.17. The Hall–Kier alpha value is -2.23. The van der Waals surface area contributed by atoms with Crippen molar-refractivity contribution < 1.29 is 96.7 Å². The molecule has 1 aromatic rings. The number of carbonyl (C=O) groups is 2. The number of piperidine rings is 1. The van der Waals surface area contributed by atoms with Crippen LogP contribution < -0.4 is 9.47 Å². The van der Waals surface area contributed by atoms with Gasteiger partial charge in [-0.05, 0) is 44.1 Å². The standard InChI is InChI=1S/C21H23NO5.Fe.H2O4S.7H2O/c1-11(23)25-16-6-4-13-10-15-14-5-7-17(26-12(2)24)20-21(14,8-9-22(15)3)18(13)19(16)27-20;;1-5(2,3)4;;;;;;;/h4-7,14-15,17,20H,8-10H2,1-3H3;;(H2,1,2,3,4);7*1H2/q;+2;;;;;;;;/p-2/t14-,15+,17-,20-,21-;;;;;;;;;/m0........./s1. The summed E-state index contributed by atoms with van der Waals surface area (Å²) >= 11 is 0. The van der Waals surface area contributed by atoms with Gasteiger partial charge in [0.2, 0.25) is 0 Å². The molecule has 2 heterocycles. The minimum absolute atomic E-state index is 0. The monoisotopic (exact) mass is 647 g/mol. The topological polar surface area (TPSA) is 366 Å². The van der Waals surface area contributed by atoms with E-state index in [-0.39, 0.29) is 84.8 Å². The van der Waals surface area contributed by atoms with Gasteiger partial charge in [0.05, 0.1) is 0 Å². The molecule has 19 heteroatoms. The van der Waals surface area contributed by atoms with Crippen LogP contribution in [0.15, 0.2) is 24.3 Å². The van der Waals surface area contributed by atoms with Crippen molar-refractivity contribution in [2.45, 2.75) is 50.4 Å². The van der Waals surface area contributed by atoms with Gasteiger partial charge in [0.15, 0.2) is 17.6 Å². The van der Waals surface area contributed by atoms with Crippen LogP contribution in [0, 0.1) is 5.92 Å². The van der Waals surface area contributed by atoms with E-state index in [4.69, 9.17) is 31.7 Å². The third kappa shape index (κ3) is 8.40. The normalized spacial score (nSPS) is 25.2. The van der Waals surface area contributed by atoms with E-state index in [1.807, 2.05) is 12.1 Å². The van der Waals surface area contributed by atoms with Crippen LogP contribution in [-0.4, -0.2) is 105 Å². The summed E-state index contributed by atoms with van der Waals surface area (Å²) in [6, 6.07) is 4.28. The van der Waals surface area contributed by atoms with E-state index in [2.05, 4.69) is 24.1 Å². The van der Waals surface area contributed by atoms with Crippen molar-refractivity contribution in [3.63, 3.8) is 0 Å². The van der Waals surface area contributed by atoms with Gasteiger partial charge in [0.25, 0.3) is 0 Å². The van der Waals surface area contributed by atoms with Crippen molar-refractivity contribution in [2.24, 2.45) is 5.92 Å². The average molecular weight is 647 g/mol. The number of carbonyl (C=O) groups excluding carboxylic acids is 2. The summed E-state index contributed by atoms with van der Waals surface area (Å²) in [5.74, 6) is 0.712. The molecule has 2 bridgehead atoms. The van der Waals surface area contributed by atoms with E-state index in [1.165, 1.54) is 19.4 Å². The van der Waals surface area contributed by atoms with Gasteiger partial charge in [-0.1, -0.05) is 12.1 Å². The fraction of sp³-hybridized carbons (Fsp3) is 0.524. The number of rotatable bonds is 2. The fourth-order valence-electron chi connectivity index (χ4n) is 5.74. The number of likely N-dealkylation sites (tertiary alicyclic amines) is 1. The molecule has 0 unspecified atom stereocenters. The second-order valence-electron chi connectivity index (χ2n) is 8.49. The molecular formula is C21H37FeNO16S. The third-order valence-electron chi connectivity index (χ3n) is 6.67. The van der Waals surface area contributed by atoms with Gasteiger partial charge in [-0.2, -0.15) is 0 Å². The number of hydrogen-bond acceptors (Lipinski definition) is 10. The van der Waals surface area contributed by atoms with Gasteiger partial charge in [-0.3, -0.25) is 18.0 Å². The van der Waals surface area contributed by atoms with Crippen molar-refractivity contribution in [3.8, 4) is 11.5 Å². The van der Waals surface area contributed by atoms with Crippen LogP contribution in [0.1, 0.15) is 31.4 Å². The Kier molecular flexibility index (Phi) is 20.1. The average Bonchev–Trinajstić information content (AvgIpc) is 3.00. The minimum Gasteiger partial charge on any atom is -0.759 e. The van der Waals surface area contributed by atoms with Gasteiger partial charge in [-0.15, -0.1) is 0 Å². The Balaban J connectivity index is -0.000000292. The number of ether oxygens (including phenoxy) is 3. The Labute approximate surface area is 240 Å². The first-order valence-electron chi connectivity index (χ1n) is 10.2.